The molecule has 0 aliphatic heterocycles. The van der Waals surface area contributed by atoms with E-state index in [2.05, 4.69) is 10.3 Å². The summed E-state index contributed by atoms with van der Waals surface area (Å²) in [6.45, 7) is 2.35. The number of hydrogen-bond acceptors (Lipinski definition) is 4. The Bertz CT molecular complexity index is 702. The Morgan fingerprint density at radius 1 is 1.39 bits per heavy atom. The Hall–Kier alpha value is -2.53. The molecule has 0 aliphatic rings. The standard InChI is InChI=1S/C17H17ClN2O3/c1-3-23-17-13(18)10-12(11-14(17)22-2)7-8-16(21)20-15-6-4-5-9-19-15/h4-11H,3H2,1-2H3,(H,19,20,21)/b8-7+. The Labute approximate surface area is 139 Å². The average molecular weight is 333 g/mol. The molecule has 2 aromatic rings. The number of halogens is 1. The third-order valence-electron chi connectivity index (χ3n) is 2.88. The van der Waals surface area contributed by atoms with Gasteiger partial charge in [-0.25, -0.2) is 4.98 Å². The van der Waals surface area contributed by atoms with Crippen molar-refractivity contribution in [2.45, 2.75) is 6.92 Å². The molecular formula is C17H17ClN2O3. The zero-order chi connectivity index (χ0) is 16.7. The van der Waals surface area contributed by atoms with Crippen LogP contribution >= 0.6 is 11.6 Å². The highest BCUT2D eigenvalue weighted by atomic mass is 35.5. The lowest BCUT2D eigenvalue weighted by molar-refractivity contribution is -0.111. The minimum atomic E-state index is -0.285. The van der Waals surface area contributed by atoms with Gasteiger partial charge in [0.15, 0.2) is 11.5 Å². The summed E-state index contributed by atoms with van der Waals surface area (Å²) in [4.78, 5) is 15.9. The second kappa shape index (κ2) is 8.19. The predicted molar refractivity (Wildman–Crippen MR) is 91.1 cm³/mol. The summed E-state index contributed by atoms with van der Waals surface area (Å²) in [7, 11) is 1.54. The molecule has 0 unspecified atom stereocenters. The van der Waals surface area contributed by atoms with E-state index in [1.165, 1.54) is 13.2 Å². The molecule has 0 bridgehead atoms. The number of carbonyl (C=O) groups is 1. The van der Waals surface area contributed by atoms with Gasteiger partial charge in [-0.05, 0) is 42.8 Å². The van der Waals surface area contributed by atoms with E-state index in [0.29, 0.717) is 28.9 Å². The van der Waals surface area contributed by atoms with Gasteiger partial charge >= 0.3 is 0 Å². The summed E-state index contributed by atoms with van der Waals surface area (Å²) >= 11 is 6.19. The number of ether oxygens (including phenoxy) is 2. The van der Waals surface area contributed by atoms with E-state index in [4.69, 9.17) is 21.1 Å². The summed E-state index contributed by atoms with van der Waals surface area (Å²) in [5, 5.41) is 3.09. The van der Waals surface area contributed by atoms with Crippen LogP contribution in [0, 0.1) is 0 Å². The topological polar surface area (TPSA) is 60.5 Å². The molecule has 5 nitrogen and oxygen atoms in total. The van der Waals surface area contributed by atoms with Gasteiger partial charge in [0.25, 0.3) is 0 Å². The van der Waals surface area contributed by atoms with Crippen LogP contribution in [-0.2, 0) is 4.79 Å². The normalized spacial score (nSPS) is 10.6. The van der Waals surface area contributed by atoms with Crippen molar-refractivity contribution >= 4 is 29.4 Å². The maximum atomic E-state index is 11.9. The van der Waals surface area contributed by atoms with E-state index in [1.54, 1.807) is 42.6 Å². The molecule has 0 aliphatic carbocycles. The van der Waals surface area contributed by atoms with Crippen LogP contribution in [0.15, 0.2) is 42.6 Å². The van der Waals surface area contributed by atoms with Gasteiger partial charge in [0.2, 0.25) is 5.91 Å². The smallest absolute Gasteiger partial charge is 0.249 e. The number of nitrogens with one attached hydrogen (secondary N) is 1. The highest BCUT2D eigenvalue weighted by Gasteiger charge is 2.10. The molecule has 0 saturated heterocycles. The van der Waals surface area contributed by atoms with Crippen molar-refractivity contribution < 1.29 is 14.3 Å². The number of nitrogens with zero attached hydrogens (tertiary/aromatic N) is 1. The monoisotopic (exact) mass is 332 g/mol. The van der Waals surface area contributed by atoms with Crippen molar-refractivity contribution in [3.63, 3.8) is 0 Å². The third-order valence-corrected chi connectivity index (χ3v) is 3.16. The molecule has 120 valence electrons. The first-order chi connectivity index (χ1) is 11.1. The molecule has 1 aromatic carbocycles. The molecular weight excluding hydrogens is 316 g/mol. The van der Waals surface area contributed by atoms with Crippen LogP contribution in [0.1, 0.15) is 12.5 Å². The molecule has 2 rings (SSSR count). The van der Waals surface area contributed by atoms with E-state index >= 15 is 0 Å². The number of methoxy groups -OCH3 is 1. The summed E-state index contributed by atoms with van der Waals surface area (Å²) < 4.78 is 10.7. The largest absolute Gasteiger partial charge is 0.493 e. The number of hydrogen-bond donors (Lipinski definition) is 1. The second-order valence-electron chi connectivity index (χ2n) is 4.50. The van der Waals surface area contributed by atoms with Crippen molar-refractivity contribution in [2.24, 2.45) is 0 Å². The van der Waals surface area contributed by atoms with Crippen molar-refractivity contribution in [1.29, 1.82) is 0 Å². The lowest BCUT2D eigenvalue weighted by Gasteiger charge is -2.11. The highest BCUT2D eigenvalue weighted by molar-refractivity contribution is 6.32. The van der Waals surface area contributed by atoms with Gasteiger partial charge in [-0.2, -0.15) is 0 Å². The molecule has 1 amide bonds. The van der Waals surface area contributed by atoms with Gasteiger partial charge < -0.3 is 14.8 Å². The van der Waals surface area contributed by atoms with Crippen LogP contribution in [0.4, 0.5) is 5.82 Å². The lowest BCUT2D eigenvalue weighted by atomic mass is 10.2. The zero-order valence-corrected chi connectivity index (χ0v) is 13.6. The number of anilines is 1. The summed E-state index contributed by atoms with van der Waals surface area (Å²) in [5.74, 6) is 1.22. The summed E-state index contributed by atoms with van der Waals surface area (Å²) in [6, 6.07) is 8.74. The quantitative estimate of drug-likeness (QED) is 0.817. The number of amides is 1. The van der Waals surface area contributed by atoms with Crippen molar-refractivity contribution in [3.8, 4) is 11.5 Å². The van der Waals surface area contributed by atoms with Crippen LogP contribution in [0.3, 0.4) is 0 Å². The SMILES string of the molecule is CCOc1c(Cl)cc(/C=C/C(=O)Nc2ccccn2)cc1OC. The maximum Gasteiger partial charge on any atom is 0.249 e. The van der Waals surface area contributed by atoms with Gasteiger partial charge in [-0.3, -0.25) is 4.79 Å². The second-order valence-corrected chi connectivity index (χ2v) is 4.91. The van der Waals surface area contributed by atoms with E-state index in [1.807, 2.05) is 6.92 Å². The fourth-order valence-electron chi connectivity index (χ4n) is 1.90. The van der Waals surface area contributed by atoms with Crippen molar-refractivity contribution in [1.82, 2.24) is 4.98 Å². The van der Waals surface area contributed by atoms with Gasteiger partial charge in [0.1, 0.15) is 5.82 Å². The van der Waals surface area contributed by atoms with Gasteiger partial charge in [-0.1, -0.05) is 17.7 Å². The lowest BCUT2D eigenvalue weighted by Crippen LogP contribution is -2.08. The van der Waals surface area contributed by atoms with Gasteiger partial charge in [-0.15, -0.1) is 0 Å². The van der Waals surface area contributed by atoms with E-state index in [-0.39, 0.29) is 5.91 Å². The summed E-state index contributed by atoms with van der Waals surface area (Å²) in [6.07, 6.45) is 4.65. The molecule has 1 aromatic heterocycles. The fraction of sp³-hybridized carbons (Fsp3) is 0.176. The minimum absolute atomic E-state index is 0.285. The number of aromatic nitrogens is 1. The third kappa shape index (κ3) is 4.72. The van der Waals surface area contributed by atoms with E-state index in [0.717, 1.165) is 5.56 Å². The molecule has 0 saturated carbocycles. The zero-order valence-electron chi connectivity index (χ0n) is 12.9. The number of rotatable bonds is 6. The molecule has 0 atom stereocenters. The van der Waals surface area contributed by atoms with Crippen LogP contribution in [-0.4, -0.2) is 24.6 Å². The maximum absolute atomic E-state index is 11.9. The first-order valence-corrected chi connectivity index (χ1v) is 7.42. The molecule has 0 fully saturated rings. The highest BCUT2D eigenvalue weighted by Crippen LogP contribution is 2.36. The first-order valence-electron chi connectivity index (χ1n) is 7.04. The van der Waals surface area contributed by atoms with Crippen LogP contribution in [0.25, 0.3) is 6.08 Å². The minimum Gasteiger partial charge on any atom is -0.493 e. The van der Waals surface area contributed by atoms with Crippen LogP contribution in [0.2, 0.25) is 5.02 Å². The Kier molecular flexibility index (Phi) is 6.00. The van der Waals surface area contributed by atoms with Crippen molar-refractivity contribution in [2.75, 3.05) is 19.0 Å². The average Bonchev–Trinajstić information content (AvgIpc) is 2.56. The summed E-state index contributed by atoms with van der Waals surface area (Å²) in [5.41, 5.74) is 0.728. The van der Waals surface area contributed by atoms with Gasteiger partial charge in [0, 0.05) is 12.3 Å². The predicted octanol–water partition coefficient (Wildman–Crippen LogP) is 3.79. The number of benzene rings is 1. The Morgan fingerprint density at radius 2 is 2.22 bits per heavy atom. The van der Waals surface area contributed by atoms with Crippen molar-refractivity contribution in [3.05, 3.63) is 53.2 Å². The Morgan fingerprint density at radius 3 is 2.87 bits per heavy atom. The molecule has 6 heteroatoms. The molecule has 0 spiro atoms. The fourth-order valence-corrected chi connectivity index (χ4v) is 2.17. The molecule has 1 heterocycles. The van der Waals surface area contributed by atoms with E-state index in [9.17, 15) is 4.79 Å². The van der Waals surface area contributed by atoms with Crippen LogP contribution < -0.4 is 14.8 Å². The first kappa shape index (κ1) is 16.8. The molecule has 23 heavy (non-hydrogen) atoms. The molecule has 0 radical (unpaired) electrons. The number of pyridine rings is 1. The number of carbonyl (C=O) groups excluding carboxylic acids is 1. The Balaban J connectivity index is 2.13. The molecule has 1 N–H and O–H groups in total. The van der Waals surface area contributed by atoms with Gasteiger partial charge in [0.05, 0.1) is 18.7 Å². The van der Waals surface area contributed by atoms with E-state index < -0.39 is 0 Å². The van der Waals surface area contributed by atoms with Crippen LogP contribution in [0.5, 0.6) is 11.5 Å².